The first-order valence-corrected chi connectivity index (χ1v) is 9.28. The molecule has 2 aromatic carbocycles. The lowest BCUT2D eigenvalue weighted by atomic mass is 9.99. The van der Waals surface area contributed by atoms with Crippen molar-refractivity contribution < 1.29 is 9.59 Å². The number of benzene rings is 2. The van der Waals surface area contributed by atoms with E-state index in [0.717, 1.165) is 31.5 Å². The Labute approximate surface area is 159 Å². The number of halogens is 1. The van der Waals surface area contributed by atoms with Gasteiger partial charge in [0.2, 0.25) is 0 Å². The van der Waals surface area contributed by atoms with E-state index in [1.165, 1.54) is 0 Å². The third-order valence-electron chi connectivity index (χ3n) is 4.76. The zero-order chi connectivity index (χ0) is 18.7. The molecule has 2 aromatic rings. The third-order valence-corrected chi connectivity index (χ3v) is 5.00. The molecule has 2 amide bonds. The highest BCUT2D eigenvalue weighted by molar-refractivity contribution is 6.31. The molecule has 1 N–H and O–H groups in total. The van der Waals surface area contributed by atoms with Gasteiger partial charge in [0.15, 0.2) is 0 Å². The van der Waals surface area contributed by atoms with Crippen LogP contribution in [-0.4, -0.2) is 29.8 Å². The Kier molecular flexibility index (Phi) is 5.62. The van der Waals surface area contributed by atoms with E-state index in [2.05, 4.69) is 12.2 Å². The summed E-state index contributed by atoms with van der Waals surface area (Å²) in [6.45, 7) is 5.62. The molecule has 1 heterocycles. The molecule has 3 rings (SSSR count). The molecule has 136 valence electrons. The molecule has 0 aromatic heterocycles. The van der Waals surface area contributed by atoms with Crippen LogP contribution in [0.4, 0.5) is 5.69 Å². The predicted octanol–water partition coefficient (Wildman–Crippen LogP) is 4.77. The number of aryl methyl sites for hydroxylation is 1. The molecule has 4 nitrogen and oxygen atoms in total. The van der Waals surface area contributed by atoms with Crippen molar-refractivity contribution in [1.29, 1.82) is 0 Å². The van der Waals surface area contributed by atoms with Gasteiger partial charge in [0.25, 0.3) is 11.8 Å². The van der Waals surface area contributed by atoms with Gasteiger partial charge in [0.05, 0.1) is 0 Å². The van der Waals surface area contributed by atoms with Crippen LogP contribution in [0.15, 0.2) is 42.5 Å². The fraction of sp³-hybridized carbons (Fsp3) is 0.333. The standard InChI is InChI=1S/C21H23ClN2O2/c1-14-5-4-10-24(13-14)21(26)17-7-3-6-16(11-17)20(25)23-19-12-18(22)9-8-15(19)2/h3,6-9,11-12,14H,4-5,10,13H2,1-2H3,(H,23,25). The van der Waals surface area contributed by atoms with Crippen LogP contribution >= 0.6 is 11.6 Å². The van der Waals surface area contributed by atoms with Gasteiger partial charge in [-0.2, -0.15) is 0 Å². The van der Waals surface area contributed by atoms with Crippen LogP contribution in [0.25, 0.3) is 0 Å². The van der Waals surface area contributed by atoms with Gasteiger partial charge in [-0.05, 0) is 61.6 Å². The van der Waals surface area contributed by atoms with Gasteiger partial charge in [-0.15, -0.1) is 0 Å². The maximum Gasteiger partial charge on any atom is 0.255 e. The van der Waals surface area contributed by atoms with Crippen LogP contribution in [0.3, 0.4) is 0 Å². The van der Waals surface area contributed by atoms with Crippen molar-refractivity contribution in [2.45, 2.75) is 26.7 Å². The van der Waals surface area contributed by atoms with E-state index in [-0.39, 0.29) is 11.8 Å². The Balaban J connectivity index is 1.77. The molecule has 1 atom stereocenters. The number of piperidine rings is 1. The van der Waals surface area contributed by atoms with E-state index in [1.54, 1.807) is 36.4 Å². The van der Waals surface area contributed by atoms with Gasteiger partial charge in [-0.1, -0.05) is 30.7 Å². The van der Waals surface area contributed by atoms with E-state index in [1.807, 2.05) is 17.9 Å². The van der Waals surface area contributed by atoms with Crippen molar-refractivity contribution in [2.75, 3.05) is 18.4 Å². The summed E-state index contributed by atoms with van der Waals surface area (Å²) in [5, 5.41) is 3.44. The molecule has 1 fully saturated rings. The van der Waals surface area contributed by atoms with Gasteiger partial charge >= 0.3 is 0 Å². The molecular weight excluding hydrogens is 348 g/mol. The summed E-state index contributed by atoms with van der Waals surface area (Å²) < 4.78 is 0. The van der Waals surface area contributed by atoms with Crippen LogP contribution in [0.1, 0.15) is 46.0 Å². The third kappa shape index (κ3) is 4.25. The minimum atomic E-state index is -0.253. The van der Waals surface area contributed by atoms with Gasteiger partial charge in [-0.25, -0.2) is 0 Å². The number of likely N-dealkylation sites (tertiary alicyclic amines) is 1. The molecule has 0 aliphatic carbocycles. The highest BCUT2D eigenvalue weighted by atomic mass is 35.5. The van der Waals surface area contributed by atoms with E-state index < -0.39 is 0 Å². The minimum Gasteiger partial charge on any atom is -0.338 e. The molecule has 1 unspecified atom stereocenters. The number of carbonyl (C=O) groups is 2. The van der Waals surface area contributed by atoms with Gasteiger partial charge in [-0.3, -0.25) is 9.59 Å². The normalized spacial score (nSPS) is 17.0. The predicted molar refractivity (Wildman–Crippen MR) is 105 cm³/mol. The van der Waals surface area contributed by atoms with E-state index in [0.29, 0.717) is 27.8 Å². The van der Waals surface area contributed by atoms with Crippen LogP contribution in [-0.2, 0) is 0 Å². The summed E-state index contributed by atoms with van der Waals surface area (Å²) in [7, 11) is 0. The maximum absolute atomic E-state index is 12.8. The summed E-state index contributed by atoms with van der Waals surface area (Å²) in [4.78, 5) is 27.2. The Hall–Kier alpha value is -2.33. The molecular formula is C21H23ClN2O2. The van der Waals surface area contributed by atoms with Crippen molar-refractivity contribution in [2.24, 2.45) is 5.92 Å². The number of nitrogens with zero attached hydrogens (tertiary/aromatic N) is 1. The lowest BCUT2D eigenvalue weighted by molar-refractivity contribution is 0.0683. The summed E-state index contributed by atoms with van der Waals surface area (Å²) >= 11 is 6.01. The number of hydrogen-bond acceptors (Lipinski definition) is 2. The minimum absolute atomic E-state index is 0.00913. The molecule has 1 aliphatic heterocycles. The van der Waals surface area contributed by atoms with Crippen molar-refractivity contribution in [3.8, 4) is 0 Å². The van der Waals surface area contributed by atoms with Gasteiger partial charge < -0.3 is 10.2 Å². The second kappa shape index (κ2) is 7.92. The van der Waals surface area contributed by atoms with Crippen LogP contribution in [0, 0.1) is 12.8 Å². The Bertz CT molecular complexity index is 835. The monoisotopic (exact) mass is 370 g/mol. The lowest BCUT2D eigenvalue weighted by Crippen LogP contribution is -2.39. The zero-order valence-corrected chi connectivity index (χ0v) is 15.8. The van der Waals surface area contributed by atoms with Crippen molar-refractivity contribution >= 4 is 29.1 Å². The van der Waals surface area contributed by atoms with Crippen molar-refractivity contribution in [1.82, 2.24) is 4.90 Å². The number of amides is 2. The Morgan fingerprint density at radius 1 is 1.15 bits per heavy atom. The summed E-state index contributed by atoms with van der Waals surface area (Å²) in [5.74, 6) is 0.257. The fourth-order valence-corrected chi connectivity index (χ4v) is 3.45. The lowest BCUT2D eigenvalue weighted by Gasteiger charge is -2.31. The maximum atomic E-state index is 12.8. The first-order chi connectivity index (χ1) is 12.4. The first-order valence-electron chi connectivity index (χ1n) is 8.91. The molecule has 0 spiro atoms. The van der Waals surface area contributed by atoms with E-state index >= 15 is 0 Å². The summed E-state index contributed by atoms with van der Waals surface area (Å²) in [6, 6.07) is 12.3. The van der Waals surface area contributed by atoms with Crippen LogP contribution in [0.5, 0.6) is 0 Å². The quantitative estimate of drug-likeness (QED) is 0.845. The highest BCUT2D eigenvalue weighted by Crippen LogP contribution is 2.22. The molecule has 1 saturated heterocycles. The number of hydrogen-bond donors (Lipinski definition) is 1. The number of carbonyl (C=O) groups excluding carboxylic acids is 2. The summed E-state index contributed by atoms with van der Waals surface area (Å²) in [6.07, 6.45) is 2.19. The second-order valence-corrected chi connectivity index (χ2v) is 7.43. The van der Waals surface area contributed by atoms with E-state index in [9.17, 15) is 9.59 Å². The largest absolute Gasteiger partial charge is 0.338 e. The smallest absolute Gasteiger partial charge is 0.255 e. The molecule has 0 radical (unpaired) electrons. The van der Waals surface area contributed by atoms with Crippen molar-refractivity contribution in [3.63, 3.8) is 0 Å². The number of nitrogens with one attached hydrogen (secondary N) is 1. The number of rotatable bonds is 3. The highest BCUT2D eigenvalue weighted by Gasteiger charge is 2.22. The molecule has 0 saturated carbocycles. The average Bonchev–Trinajstić information content (AvgIpc) is 2.64. The van der Waals surface area contributed by atoms with Crippen molar-refractivity contribution in [3.05, 3.63) is 64.2 Å². The van der Waals surface area contributed by atoms with Gasteiger partial charge in [0, 0.05) is 34.9 Å². The Morgan fingerprint density at radius 2 is 1.92 bits per heavy atom. The van der Waals surface area contributed by atoms with Gasteiger partial charge in [0.1, 0.15) is 0 Å². The molecule has 26 heavy (non-hydrogen) atoms. The number of anilines is 1. The van der Waals surface area contributed by atoms with E-state index in [4.69, 9.17) is 11.6 Å². The summed E-state index contributed by atoms with van der Waals surface area (Å²) in [5.41, 5.74) is 2.61. The van der Waals surface area contributed by atoms with Crippen LogP contribution in [0.2, 0.25) is 5.02 Å². The molecule has 5 heteroatoms. The second-order valence-electron chi connectivity index (χ2n) is 6.99. The van der Waals surface area contributed by atoms with Crippen LogP contribution < -0.4 is 5.32 Å². The topological polar surface area (TPSA) is 49.4 Å². The SMILES string of the molecule is Cc1ccc(Cl)cc1NC(=O)c1cccc(C(=O)N2CCCC(C)C2)c1. The fourth-order valence-electron chi connectivity index (χ4n) is 3.27. The first kappa shape index (κ1) is 18.5. The molecule has 1 aliphatic rings. The molecule has 0 bridgehead atoms. The average molecular weight is 371 g/mol. The zero-order valence-electron chi connectivity index (χ0n) is 15.1. The Morgan fingerprint density at radius 3 is 2.69 bits per heavy atom.